The van der Waals surface area contributed by atoms with E-state index in [4.69, 9.17) is 16.3 Å². The first-order valence-corrected chi connectivity index (χ1v) is 5.05. The summed E-state index contributed by atoms with van der Waals surface area (Å²) in [6.45, 7) is 0.0115. The van der Waals surface area contributed by atoms with Crippen LogP contribution in [0.5, 0.6) is 5.88 Å². The van der Waals surface area contributed by atoms with Crippen molar-refractivity contribution < 1.29 is 9.53 Å². The molecule has 5 heteroatoms. The number of nitrogens with zero attached hydrogens (tertiary/aromatic N) is 2. The molecule has 16 heavy (non-hydrogen) atoms. The molecule has 0 spiro atoms. The minimum Gasteiger partial charge on any atom is -0.469 e. The Hall–Kier alpha value is -1.81. The van der Waals surface area contributed by atoms with E-state index in [1.165, 1.54) is 0 Å². The number of aromatic nitrogens is 2. The highest BCUT2D eigenvalue weighted by atomic mass is 35.5. The van der Waals surface area contributed by atoms with Crippen molar-refractivity contribution in [3.8, 4) is 11.6 Å². The lowest BCUT2D eigenvalue weighted by atomic mass is 10.3. The first kappa shape index (κ1) is 10.7. The molecule has 0 radical (unpaired) electrons. The van der Waals surface area contributed by atoms with Crippen LogP contribution in [0.1, 0.15) is 0 Å². The largest absolute Gasteiger partial charge is 0.469 e. The highest BCUT2D eigenvalue weighted by molar-refractivity contribution is 6.30. The summed E-state index contributed by atoms with van der Waals surface area (Å²) in [4.78, 5) is 10.1. The predicted molar refractivity (Wildman–Crippen MR) is 60.1 cm³/mol. The summed E-state index contributed by atoms with van der Waals surface area (Å²) in [5.74, 6) is 0.419. The van der Waals surface area contributed by atoms with Crippen molar-refractivity contribution in [3.63, 3.8) is 0 Å². The number of halogens is 1. The molecule has 0 fully saturated rings. The predicted octanol–water partition coefficient (Wildman–Crippen LogP) is 2.10. The molecule has 0 aliphatic carbocycles. The van der Waals surface area contributed by atoms with Gasteiger partial charge < -0.3 is 4.74 Å². The molecule has 82 valence electrons. The zero-order valence-electron chi connectivity index (χ0n) is 8.34. The van der Waals surface area contributed by atoms with Gasteiger partial charge in [-0.25, -0.2) is 4.68 Å². The Morgan fingerprint density at radius 2 is 2.06 bits per heavy atom. The Balaban J connectivity index is 2.17. The summed E-state index contributed by atoms with van der Waals surface area (Å²) in [6.07, 6.45) is 2.44. The zero-order valence-corrected chi connectivity index (χ0v) is 9.09. The van der Waals surface area contributed by atoms with Crippen LogP contribution in [0.4, 0.5) is 0 Å². The van der Waals surface area contributed by atoms with Crippen LogP contribution >= 0.6 is 11.6 Å². The third-order valence-electron chi connectivity index (χ3n) is 1.96. The molecule has 1 aromatic carbocycles. The fourth-order valence-corrected chi connectivity index (χ4v) is 1.37. The first-order valence-electron chi connectivity index (χ1n) is 4.67. The van der Waals surface area contributed by atoms with Crippen molar-refractivity contribution in [2.45, 2.75) is 0 Å². The number of hydrogen-bond donors (Lipinski definition) is 0. The van der Waals surface area contributed by atoms with E-state index in [9.17, 15) is 4.79 Å². The summed E-state index contributed by atoms with van der Waals surface area (Å²) in [5.41, 5.74) is 0.880. The van der Waals surface area contributed by atoms with Gasteiger partial charge in [-0.3, -0.25) is 4.79 Å². The lowest BCUT2D eigenvalue weighted by Gasteiger charge is -2.00. The van der Waals surface area contributed by atoms with Gasteiger partial charge in [0.25, 0.3) is 0 Å². The van der Waals surface area contributed by atoms with Crippen molar-refractivity contribution in [2.75, 3.05) is 6.61 Å². The molecule has 0 aliphatic heterocycles. The van der Waals surface area contributed by atoms with Crippen LogP contribution in [0, 0.1) is 0 Å². The van der Waals surface area contributed by atoms with E-state index < -0.39 is 0 Å². The molecule has 0 saturated heterocycles. The van der Waals surface area contributed by atoms with Crippen LogP contribution in [-0.4, -0.2) is 22.7 Å². The van der Waals surface area contributed by atoms with Gasteiger partial charge in [0.05, 0.1) is 5.69 Å². The standard InChI is InChI=1S/C11H9ClN2O2/c12-9-1-3-10(4-2-9)14-6-5-11(13-14)16-8-7-15/h1-7H,8H2. The molecule has 0 N–H and O–H groups in total. The Morgan fingerprint density at radius 1 is 1.31 bits per heavy atom. The maximum atomic E-state index is 10.1. The molecule has 0 atom stereocenters. The Labute approximate surface area is 97.4 Å². The SMILES string of the molecule is O=CCOc1ccn(-c2ccc(Cl)cc2)n1. The fourth-order valence-electron chi connectivity index (χ4n) is 1.24. The molecule has 2 rings (SSSR count). The molecular weight excluding hydrogens is 228 g/mol. The van der Waals surface area contributed by atoms with Gasteiger partial charge >= 0.3 is 0 Å². The average Bonchev–Trinajstić information content (AvgIpc) is 2.76. The summed E-state index contributed by atoms with van der Waals surface area (Å²) in [7, 11) is 0. The Bertz CT molecular complexity index is 479. The monoisotopic (exact) mass is 236 g/mol. The first-order chi connectivity index (χ1) is 7.79. The molecule has 1 aromatic heterocycles. The van der Waals surface area contributed by atoms with Crippen molar-refractivity contribution >= 4 is 17.9 Å². The summed E-state index contributed by atoms with van der Waals surface area (Å²) >= 11 is 5.78. The fraction of sp³-hybridized carbons (Fsp3) is 0.0909. The maximum Gasteiger partial charge on any atom is 0.233 e. The third kappa shape index (κ3) is 2.41. The smallest absolute Gasteiger partial charge is 0.233 e. The minimum absolute atomic E-state index is 0.0115. The molecule has 0 bridgehead atoms. The number of rotatable bonds is 4. The van der Waals surface area contributed by atoms with E-state index in [2.05, 4.69) is 5.10 Å². The highest BCUT2D eigenvalue weighted by Crippen LogP contribution is 2.14. The number of benzene rings is 1. The van der Waals surface area contributed by atoms with E-state index in [0.717, 1.165) is 5.69 Å². The van der Waals surface area contributed by atoms with Gasteiger partial charge in [-0.2, -0.15) is 0 Å². The number of aldehydes is 1. The summed E-state index contributed by atoms with van der Waals surface area (Å²) in [6, 6.07) is 8.95. The molecular formula is C11H9ClN2O2. The van der Waals surface area contributed by atoms with Gasteiger partial charge in [-0.1, -0.05) is 11.6 Å². The molecule has 0 aliphatic rings. The van der Waals surface area contributed by atoms with Crippen molar-refractivity contribution in [1.82, 2.24) is 9.78 Å². The van der Waals surface area contributed by atoms with Gasteiger partial charge in [0.2, 0.25) is 5.88 Å². The van der Waals surface area contributed by atoms with E-state index in [-0.39, 0.29) is 6.61 Å². The second kappa shape index (κ2) is 4.81. The molecule has 4 nitrogen and oxygen atoms in total. The Morgan fingerprint density at radius 3 is 2.75 bits per heavy atom. The van der Waals surface area contributed by atoms with Crippen LogP contribution in [0.2, 0.25) is 5.02 Å². The number of carbonyl (C=O) groups is 1. The lowest BCUT2D eigenvalue weighted by Crippen LogP contribution is -2.00. The summed E-state index contributed by atoms with van der Waals surface area (Å²) in [5, 5.41) is 4.81. The molecule has 1 heterocycles. The lowest BCUT2D eigenvalue weighted by molar-refractivity contribution is -0.109. The van der Waals surface area contributed by atoms with E-state index in [1.807, 2.05) is 12.1 Å². The number of ether oxygens (including phenoxy) is 1. The van der Waals surface area contributed by atoms with Crippen LogP contribution in [0.15, 0.2) is 36.5 Å². The molecule has 0 saturated carbocycles. The van der Waals surface area contributed by atoms with Crippen LogP contribution in [0.3, 0.4) is 0 Å². The van der Waals surface area contributed by atoms with Gasteiger partial charge in [0, 0.05) is 17.3 Å². The number of carbonyl (C=O) groups excluding carboxylic acids is 1. The topological polar surface area (TPSA) is 44.1 Å². The van der Waals surface area contributed by atoms with E-state index in [1.54, 1.807) is 29.1 Å². The van der Waals surface area contributed by atoms with Crippen molar-refractivity contribution in [1.29, 1.82) is 0 Å². The maximum absolute atomic E-state index is 10.1. The van der Waals surface area contributed by atoms with Crippen molar-refractivity contribution in [2.24, 2.45) is 0 Å². The van der Waals surface area contributed by atoms with E-state index in [0.29, 0.717) is 17.2 Å². The van der Waals surface area contributed by atoms with Crippen LogP contribution in [-0.2, 0) is 4.79 Å². The highest BCUT2D eigenvalue weighted by Gasteiger charge is 2.01. The Kier molecular flexibility index (Phi) is 3.22. The van der Waals surface area contributed by atoms with Crippen LogP contribution < -0.4 is 4.74 Å². The summed E-state index contributed by atoms with van der Waals surface area (Å²) < 4.78 is 6.70. The second-order valence-corrected chi connectivity index (χ2v) is 3.49. The molecule has 2 aromatic rings. The van der Waals surface area contributed by atoms with Gasteiger partial charge in [0.15, 0.2) is 6.29 Å². The van der Waals surface area contributed by atoms with Crippen molar-refractivity contribution in [3.05, 3.63) is 41.6 Å². The van der Waals surface area contributed by atoms with Gasteiger partial charge in [-0.05, 0) is 24.3 Å². The molecule has 0 amide bonds. The third-order valence-corrected chi connectivity index (χ3v) is 2.21. The normalized spacial score (nSPS) is 10.1. The second-order valence-electron chi connectivity index (χ2n) is 3.05. The molecule has 0 unspecified atom stereocenters. The van der Waals surface area contributed by atoms with E-state index >= 15 is 0 Å². The number of hydrogen-bond acceptors (Lipinski definition) is 3. The van der Waals surface area contributed by atoms with Gasteiger partial charge in [-0.15, -0.1) is 5.10 Å². The van der Waals surface area contributed by atoms with Gasteiger partial charge in [0.1, 0.15) is 6.61 Å². The quantitative estimate of drug-likeness (QED) is 0.764. The average molecular weight is 237 g/mol. The minimum atomic E-state index is 0.0115. The zero-order chi connectivity index (χ0) is 11.4. The van der Waals surface area contributed by atoms with Crippen LogP contribution in [0.25, 0.3) is 5.69 Å².